The molecular formula is C13H14N2O. The molecule has 2 aromatic rings. The van der Waals surface area contributed by atoms with Crippen LogP contribution in [0.3, 0.4) is 0 Å². The van der Waals surface area contributed by atoms with Crippen molar-refractivity contribution in [2.24, 2.45) is 0 Å². The predicted octanol–water partition coefficient (Wildman–Crippen LogP) is 1.93. The second-order valence-corrected chi connectivity index (χ2v) is 4.14. The van der Waals surface area contributed by atoms with E-state index in [0.717, 1.165) is 18.8 Å². The summed E-state index contributed by atoms with van der Waals surface area (Å²) in [4.78, 5) is 4.51. The molecule has 1 fully saturated rings. The van der Waals surface area contributed by atoms with E-state index in [0.29, 0.717) is 5.92 Å². The van der Waals surface area contributed by atoms with Crippen LogP contribution in [0.25, 0.3) is 10.8 Å². The van der Waals surface area contributed by atoms with Crippen LogP contribution < -0.4 is 10.1 Å². The van der Waals surface area contributed by atoms with E-state index in [1.54, 1.807) is 7.11 Å². The summed E-state index contributed by atoms with van der Waals surface area (Å²) < 4.78 is 5.27. The topological polar surface area (TPSA) is 34.1 Å². The summed E-state index contributed by atoms with van der Waals surface area (Å²) in [7, 11) is 1.70. The fourth-order valence-electron chi connectivity index (χ4n) is 2.10. The van der Waals surface area contributed by atoms with Crippen LogP contribution in [0.5, 0.6) is 5.75 Å². The molecule has 0 bridgehead atoms. The third-order valence-electron chi connectivity index (χ3n) is 3.17. The zero-order valence-corrected chi connectivity index (χ0v) is 9.23. The highest BCUT2D eigenvalue weighted by Crippen LogP contribution is 2.28. The molecule has 0 radical (unpaired) electrons. The highest BCUT2D eigenvalue weighted by atomic mass is 16.5. The molecule has 0 aliphatic carbocycles. The third kappa shape index (κ3) is 1.44. The van der Waals surface area contributed by atoms with Gasteiger partial charge in [-0.05, 0) is 23.6 Å². The first kappa shape index (κ1) is 9.60. The number of hydrogen-bond acceptors (Lipinski definition) is 3. The summed E-state index contributed by atoms with van der Waals surface area (Å²) in [6.07, 6.45) is 1.89. The van der Waals surface area contributed by atoms with Gasteiger partial charge in [-0.3, -0.25) is 4.98 Å². The van der Waals surface area contributed by atoms with Gasteiger partial charge in [-0.1, -0.05) is 6.07 Å². The van der Waals surface area contributed by atoms with E-state index in [4.69, 9.17) is 4.74 Å². The lowest BCUT2D eigenvalue weighted by Gasteiger charge is -2.27. The van der Waals surface area contributed by atoms with E-state index in [9.17, 15) is 0 Å². The summed E-state index contributed by atoms with van der Waals surface area (Å²) in [5.41, 5.74) is 1.19. The average Bonchev–Trinajstić information content (AvgIpc) is 2.27. The molecule has 0 atom stereocenters. The van der Waals surface area contributed by atoms with Gasteiger partial charge in [0.1, 0.15) is 5.75 Å². The van der Waals surface area contributed by atoms with E-state index in [1.807, 2.05) is 18.3 Å². The monoisotopic (exact) mass is 214 g/mol. The van der Waals surface area contributed by atoms with Gasteiger partial charge in [0, 0.05) is 30.6 Å². The SMILES string of the molecule is COc1ccc2ccnc(C3CNC3)c2c1. The lowest BCUT2D eigenvalue weighted by atomic mass is 9.94. The lowest BCUT2D eigenvalue weighted by molar-refractivity contribution is 0.415. The van der Waals surface area contributed by atoms with Crippen LogP contribution in [0.4, 0.5) is 0 Å². The molecule has 16 heavy (non-hydrogen) atoms. The van der Waals surface area contributed by atoms with Crippen LogP contribution in [0.2, 0.25) is 0 Å². The average molecular weight is 214 g/mol. The quantitative estimate of drug-likeness (QED) is 0.829. The number of methoxy groups -OCH3 is 1. The maximum Gasteiger partial charge on any atom is 0.119 e. The zero-order valence-electron chi connectivity index (χ0n) is 9.23. The Bertz CT molecular complexity index is 520. The van der Waals surface area contributed by atoms with Crippen LogP contribution in [-0.2, 0) is 0 Å². The first-order chi connectivity index (χ1) is 7.88. The van der Waals surface area contributed by atoms with E-state index >= 15 is 0 Å². The summed E-state index contributed by atoms with van der Waals surface area (Å²) in [5, 5.41) is 5.73. The van der Waals surface area contributed by atoms with Crippen molar-refractivity contribution in [2.45, 2.75) is 5.92 Å². The first-order valence-corrected chi connectivity index (χ1v) is 5.52. The Kier molecular flexibility index (Phi) is 2.26. The fourth-order valence-corrected chi connectivity index (χ4v) is 2.10. The number of rotatable bonds is 2. The summed E-state index contributed by atoms with van der Waals surface area (Å²) in [6, 6.07) is 8.21. The van der Waals surface area contributed by atoms with Gasteiger partial charge in [-0.15, -0.1) is 0 Å². The minimum Gasteiger partial charge on any atom is -0.497 e. The number of nitrogens with zero attached hydrogens (tertiary/aromatic N) is 1. The van der Waals surface area contributed by atoms with Crippen molar-refractivity contribution >= 4 is 10.8 Å². The maximum absolute atomic E-state index is 5.27. The summed E-state index contributed by atoms with van der Waals surface area (Å²) >= 11 is 0. The van der Waals surface area contributed by atoms with Crippen LogP contribution in [0, 0.1) is 0 Å². The van der Waals surface area contributed by atoms with Gasteiger partial charge < -0.3 is 10.1 Å². The zero-order chi connectivity index (χ0) is 11.0. The Morgan fingerprint density at radius 3 is 2.88 bits per heavy atom. The van der Waals surface area contributed by atoms with Crippen LogP contribution in [-0.4, -0.2) is 25.2 Å². The minimum atomic E-state index is 0.552. The molecule has 1 N–H and O–H groups in total. The van der Waals surface area contributed by atoms with Crippen molar-refractivity contribution < 1.29 is 4.74 Å². The first-order valence-electron chi connectivity index (χ1n) is 5.52. The number of fused-ring (bicyclic) bond motifs is 1. The van der Waals surface area contributed by atoms with Crippen molar-refractivity contribution in [1.29, 1.82) is 0 Å². The van der Waals surface area contributed by atoms with Gasteiger partial charge in [-0.2, -0.15) is 0 Å². The predicted molar refractivity (Wildman–Crippen MR) is 63.9 cm³/mol. The second kappa shape index (κ2) is 3.76. The molecule has 1 saturated heterocycles. The molecule has 1 aromatic carbocycles. The molecule has 0 unspecified atom stereocenters. The van der Waals surface area contributed by atoms with Gasteiger partial charge in [0.15, 0.2) is 0 Å². The molecule has 3 rings (SSSR count). The van der Waals surface area contributed by atoms with Crippen molar-refractivity contribution in [2.75, 3.05) is 20.2 Å². The molecule has 0 spiro atoms. The van der Waals surface area contributed by atoms with Crippen LogP contribution in [0.15, 0.2) is 30.5 Å². The Balaban J connectivity index is 2.18. The Morgan fingerprint density at radius 1 is 1.31 bits per heavy atom. The highest BCUT2D eigenvalue weighted by molar-refractivity contribution is 5.86. The van der Waals surface area contributed by atoms with Crippen molar-refractivity contribution in [3.63, 3.8) is 0 Å². The number of ether oxygens (including phenoxy) is 1. The molecular weight excluding hydrogens is 200 g/mol. The van der Waals surface area contributed by atoms with Crippen LogP contribution in [0.1, 0.15) is 11.6 Å². The Morgan fingerprint density at radius 2 is 2.19 bits per heavy atom. The van der Waals surface area contributed by atoms with E-state index in [2.05, 4.69) is 22.4 Å². The molecule has 2 heterocycles. The number of pyridine rings is 1. The van der Waals surface area contributed by atoms with Crippen LogP contribution >= 0.6 is 0 Å². The smallest absolute Gasteiger partial charge is 0.119 e. The minimum absolute atomic E-state index is 0.552. The van der Waals surface area contributed by atoms with Gasteiger partial charge in [0.2, 0.25) is 0 Å². The number of hydrogen-bond donors (Lipinski definition) is 1. The van der Waals surface area contributed by atoms with Gasteiger partial charge >= 0.3 is 0 Å². The van der Waals surface area contributed by atoms with Crippen molar-refractivity contribution in [3.05, 3.63) is 36.2 Å². The molecule has 1 aliphatic heterocycles. The lowest BCUT2D eigenvalue weighted by Crippen LogP contribution is -2.40. The second-order valence-electron chi connectivity index (χ2n) is 4.14. The molecule has 3 heteroatoms. The van der Waals surface area contributed by atoms with Crippen molar-refractivity contribution in [1.82, 2.24) is 10.3 Å². The van der Waals surface area contributed by atoms with E-state index < -0.39 is 0 Å². The van der Waals surface area contributed by atoms with E-state index in [1.165, 1.54) is 16.5 Å². The third-order valence-corrected chi connectivity index (χ3v) is 3.17. The molecule has 0 saturated carbocycles. The van der Waals surface area contributed by atoms with Crippen molar-refractivity contribution in [3.8, 4) is 5.75 Å². The highest BCUT2D eigenvalue weighted by Gasteiger charge is 2.22. The van der Waals surface area contributed by atoms with Gasteiger partial charge in [0.05, 0.1) is 12.8 Å². The number of nitrogens with one attached hydrogen (secondary N) is 1. The normalized spacial score (nSPS) is 16.1. The molecule has 1 aliphatic rings. The molecule has 3 nitrogen and oxygen atoms in total. The Hall–Kier alpha value is -1.61. The largest absolute Gasteiger partial charge is 0.497 e. The summed E-state index contributed by atoms with van der Waals surface area (Å²) in [5.74, 6) is 1.45. The standard InChI is InChI=1S/C13H14N2O/c1-16-11-3-2-9-4-5-15-13(12(9)6-11)10-7-14-8-10/h2-6,10,14H,7-8H2,1H3. The summed E-state index contributed by atoms with van der Waals surface area (Å²) in [6.45, 7) is 2.06. The van der Waals surface area contributed by atoms with E-state index in [-0.39, 0.29) is 0 Å². The molecule has 0 amide bonds. The number of aromatic nitrogens is 1. The van der Waals surface area contributed by atoms with Gasteiger partial charge in [0.25, 0.3) is 0 Å². The maximum atomic E-state index is 5.27. The molecule has 82 valence electrons. The molecule has 1 aromatic heterocycles. The fraction of sp³-hybridized carbons (Fsp3) is 0.308. The Labute approximate surface area is 94.5 Å². The number of benzene rings is 1. The van der Waals surface area contributed by atoms with Gasteiger partial charge in [-0.25, -0.2) is 0 Å².